The zero-order chi connectivity index (χ0) is 16.4. The van der Waals surface area contributed by atoms with Crippen LogP contribution in [0.3, 0.4) is 0 Å². The Bertz CT molecular complexity index is 943. The van der Waals surface area contributed by atoms with Crippen LogP contribution in [0.15, 0.2) is 72.8 Å². The molecule has 0 unspecified atom stereocenters. The van der Waals surface area contributed by atoms with Gasteiger partial charge in [0.1, 0.15) is 5.69 Å². The number of hydrogen-bond donors (Lipinski definition) is 2. The number of anilines is 2. The summed E-state index contributed by atoms with van der Waals surface area (Å²) in [5.74, 6) is 0. The van der Waals surface area contributed by atoms with Gasteiger partial charge in [0.15, 0.2) is 0 Å². The summed E-state index contributed by atoms with van der Waals surface area (Å²) in [6.07, 6.45) is 0. The number of halogens is 1. The molecule has 4 aromatic rings. The smallest absolute Gasteiger partial charge is 0.129 e. The summed E-state index contributed by atoms with van der Waals surface area (Å²) in [5, 5.41) is 8.11. The highest BCUT2D eigenvalue weighted by molar-refractivity contribution is 6.08. The molecule has 0 atom stereocenters. The summed E-state index contributed by atoms with van der Waals surface area (Å²) in [7, 11) is 0. The van der Waals surface area contributed by atoms with Crippen molar-refractivity contribution in [1.82, 2.24) is 4.98 Å². The Balaban J connectivity index is 0.00000182. The van der Waals surface area contributed by atoms with E-state index in [9.17, 15) is 0 Å². The van der Waals surface area contributed by atoms with Crippen LogP contribution in [0.1, 0.15) is 6.92 Å². The Morgan fingerprint density at radius 2 is 1.36 bits per heavy atom. The van der Waals surface area contributed by atoms with Gasteiger partial charge in [0.2, 0.25) is 0 Å². The van der Waals surface area contributed by atoms with Gasteiger partial charge in [0.05, 0.1) is 23.3 Å². The van der Waals surface area contributed by atoms with Crippen molar-refractivity contribution in [2.75, 3.05) is 11.9 Å². The molecule has 4 heteroatoms. The highest BCUT2D eigenvalue weighted by Crippen LogP contribution is 2.32. The summed E-state index contributed by atoms with van der Waals surface area (Å²) in [6.45, 7) is 3.20. The lowest BCUT2D eigenvalue weighted by atomic mass is 10.1. The lowest BCUT2D eigenvalue weighted by Crippen LogP contribution is -3.00. The van der Waals surface area contributed by atoms with E-state index < -0.39 is 0 Å². The van der Waals surface area contributed by atoms with Crippen molar-refractivity contribution in [3.8, 4) is 0 Å². The number of fused-ring (bicyclic) bond motifs is 2. The van der Waals surface area contributed by atoms with Crippen LogP contribution in [0, 0.1) is 0 Å². The molecule has 3 nitrogen and oxygen atoms in total. The maximum atomic E-state index is 4.77. The first-order valence-electron chi connectivity index (χ1n) is 8.33. The van der Waals surface area contributed by atoms with E-state index in [2.05, 4.69) is 78.2 Å². The van der Waals surface area contributed by atoms with Crippen molar-refractivity contribution in [2.45, 2.75) is 6.92 Å². The molecular weight excluding hydrogens is 330 g/mol. The number of rotatable bonds is 4. The van der Waals surface area contributed by atoms with Crippen LogP contribution in [0.5, 0.6) is 0 Å². The highest BCUT2D eigenvalue weighted by atomic mass is 35.5. The van der Waals surface area contributed by atoms with Gasteiger partial charge in [-0.2, -0.15) is 0 Å². The van der Waals surface area contributed by atoms with Crippen LogP contribution in [0.4, 0.5) is 17.1 Å². The summed E-state index contributed by atoms with van der Waals surface area (Å²) >= 11 is 0. The predicted molar refractivity (Wildman–Crippen MR) is 101 cm³/mol. The summed E-state index contributed by atoms with van der Waals surface area (Å²) < 4.78 is 0. The van der Waals surface area contributed by atoms with E-state index in [1.807, 2.05) is 12.1 Å². The Kier molecular flexibility index (Phi) is 5.17. The molecule has 4 rings (SSSR count). The molecule has 3 N–H and O–H groups in total. The van der Waals surface area contributed by atoms with Gasteiger partial charge in [-0.3, -0.25) is 0 Å². The fourth-order valence-electron chi connectivity index (χ4n) is 3.06. The van der Waals surface area contributed by atoms with Gasteiger partial charge in [-0.1, -0.05) is 36.4 Å². The van der Waals surface area contributed by atoms with Crippen molar-refractivity contribution < 1.29 is 17.7 Å². The number of aromatic nitrogens is 1. The third-order valence-corrected chi connectivity index (χ3v) is 4.21. The maximum absolute atomic E-state index is 4.77. The molecule has 0 amide bonds. The maximum Gasteiger partial charge on any atom is 0.129 e. The number of nitrogens with two attached hydrogens (primary N) is 1. The van der Waals surface area contributed by atoms with Crippen molar-refractivity contribution in [2.24, 2.45) is 0 Å². The molecule has 0 radical (unpaired) electrons. The predicted octanol–water partition coefficient (Wildman–Crippen LogP) is 1.35. The molecule has 25 heavy (non-hydrogen) atoms. The zero-order valence-electron chi connectivity index (χ0n) is 14.0. The number of nitrogens with zero attached hydrogens (tertiary/aromatic N) is 1. The van der Waals surface area contributed by atoms with E-state index in [4.69, 9.17) is 4.98 Å². The number of benzene rings is 3. The first-order valence-corrected chi connectivity index (χ1v) is 8.33. The van der Waals surface area contributed by atoms with Crippen LogP contribution in [0.25, 0.3) is 21.8 Å². The molecule has 1 aromatic heterocycles. The Hall–Kier alpha value is -2.62. The third kappa shape index (κ3) is 3.43. The van der Waals surface area contributed by atoms with Gasteiger partial charge >= 0.3 is 0 Å². The SMILES string of the molecule is CC[NH2+]c1ccc(Nc2c3ccccc3nc3ccccc23)cc1.[Cl-]. The van der Waals surface area contributed by atoms with E-state index in [-0.39, 0.29) is 12.4 Å². The number of quaternary nitrogens is 1. The van der Waals surface area contributed by atoms with Crippen LogP contribution < -0.4 is 23.0 Å². The molecule has 0 fully saturated rings. The van der Waals surface area contributed by atoms with Crippen LogP contribution in [-0.4, -0.2) is 11.5 Å². The van der Waals surface area contributed by atoms with Gasteiger partial charge in [0, 0.05) is 28.6 Å². The summed E-state index contributed by atoms with van der Waals surface area (Å²) in [4.78, 5) is 4.77. The third-order valence-electron chi connectivity index (χ3n) is 4.21. The summed E-state index contributed by atoms with van der Waals surface area (Å²) in [6, 6.07) is 25.1. The van der Waals surface area contributed by atoms with E-state index in [0.717, 1.165) is 39.7 Å². The van der Waals surface area contributed by atoms with Crippen LogP contribution in [-0.2, 0) is 0 Å². The second-order valence-corrected chi connectivity index (χ2v) is 5.88. The number of nitrogens with one attached hydrogen (secondary N) is 1. The topological polar surface area (TPSA) is 41.5 Å². The van der Waals surface area contributed by atoms with E-state index in [0.29, 0.717) is 0 Å². The Morgan fingerprint density at radius 1 is 0.800 bits per heavy atom. The molecule has 0 aliphatic rings. The van der Waals surface area contributed by atoms with Crippen LogP contribution in [0.2, 0.25) is 0 Å². The fourth-order valence-corrected chi connectivity index (χ4v) is 3.06. The Morgan fingerprint density at radius 3 is 1.92 bits per heavy atom. The summed E-state index contributed by atoms with van der Waals surface area (Å²) in [5.41, 5.74) is 5.48. The van der Waals surface area contributed by atoms with Crippen LogP contribution >= 0.6 is 0 Å². The molecule has 0 saturated heterocycles. The average Bonchev–Trinajstić information content (AvgIpc) is 2.63. The quantitative estimate of drug-likeness (QED) is 0.431. The standard InChI is InChI=1S/C21H19N3.ClH/c1-2-22-15-11-13-16(14-12-15)23-21-17-7-3-5-9-19(17)24-20-10-6-4-8-18(20)21;/h3-14,22H,2H2,1H3,(H,23,24);1H. The van der Waals surface area contributed by atoms with Gasteiger partial charge in [0.25, 0.3) is 0 Å². The van der Waals surface area contributed by atoms with E-state index in [1.165, 1.54) is 5.69 Å². The minimum atomic E-state index is 0. The second kappa shape index (κ2) is 7.51. The molecule has 0 saturated carbocycles. The first kappa shape index (κ1) is 17.2. The molecule has 1 heterocycles. The lowest BCUT2D eigenvalue weighted by Gasteiger charge is -2.13. The van der Waals surface area contributed by atoms with E-state index >= 15 is 0 Å². The molecule has 3 aromatic carbocycles. The molecule has 0 spiro atoms. The van der Waals surface area contributed by atoms with Gasteiger partial charge in [-0.25, -0.2) is 4.98 Å². The second-order valence-electron chi connectivity index (χ2n) is 5.88. The molecule has 126 valence electrons. The van der Waals surface area contributed by atoms with Crippen molar-refractivity contribution in [1.29, 1.82) is 0 Å². The molecular formula is C21H20ClN3. The number of para-hydroxylation sites is 2. The van der Waals surface area contributed by atoms with Crippen molar-refractivity contribution in [3.63, 3.8) is 0 Å². The fraction of sp³-hybridized carbons (Fsp3) is 0.0952. The van der Waals surface area contributed by atoms with E-state index in [1.54, 1.807) is 0 Å². The number of hydrogen-bond acceptors (Lipinski definition) is 2. The zero-order valence-corrected chi connectivity index (χ0v) is 14.8. The normalized spacial score (nSPS) is 10.6. The molecule has 0 aliphatic heterocycles. The minimum absolute atomic E-state index is 0. The average molecular weight is 350 g/mol. The largest absolute Gasteiger partial charge is 1.00 e. The highest BCUT2D eigenvalue weighted by Gasteiger charge is 2.09. The minimum Gasteiger partial charge on any atom is -1.00 e. The monoisotopic (exact) mass is 349 g/mol. The molecule has 0 aliphatic carbocycles. The van der Waals surface area contributed by atoms with Crippen molar-refractivity contribution >= 4 is 38.9 Å². The first-order chi connectivity index (χ1) is 11.8. The van der Waals surface area contributed by atoms with Crippen molar-refractivity contribution in [3.05, 3.63) is 72.8 Å². The lowest BCUT2D eigenvalue weighted by molar-refractivity contribution is -0.567. The van der Waals surface area contributed by atoms with Gasteiger partial charge in [-0.15, -0.1) is 0 Å². The molecule has 0 bridgehead atoms. The van der Waals surface area contributed by atoms with Gasteiger partial charge < -0.3 is 23.0 Å². The van der Waals surface area contributed by atoms with Gasteiger partial charge in [-0.05, 0) is 31.2 Å². The number of pyridine rings is 1. The Labute approximate surface area is 153 Å².